The van der Waals surface area contributed by atoms with E-state index in [-0.39, 0.29) is 11.9 Å². The van der Waals surface area contributed by atoms with Crippen LogP contribution in [0.1, 0.15) is 49.5 Å². The van der Waals surface area contributed by atoms with E-state index < -0.39 is 0 Å². The fourth-order valence-electron chi connectivity index (χ4n) is 2.58. The highest BCUT2D eigenvalue weighted by molar-refractivity contribution is 6.30. The van der Waals surface area contributed by atoms with Gasteiger partial charge in [-0.05, 0) is 30.9 Å². The molecule has 1 saturated carbocycles. The maximum absolute atomic E-state index is 12.0. The van der Waals surface area contributed by atoms with E-state index in [1.54, 1.807) is 18.3 Å². The Hall–Kier alpha value is -1.09. The summed E-state index contributed by atoms with van der Waals surface area (Å²) in [4.78, 5) is 16.1. The van der Waals surface area contributed by atoms with Gasteiger partial charge < -0.3 is 5.32 Å². The monoisotopic (exact) mass is 266 g/mol. The van der Waals surface area contributed by atoms with Crippen LogP contribution in [0.25, 0.3) is 0 Å². The predicted molar refractivity (Wildman–Crippen MR) is 72.8 cm³/mol. The van der Waals surface area contributed by atoms with Gasteiger partial charge in [0.1, 0.15) is 5.69 Å². The first-order chi connectivity index (χ1) is 8.69. The summed E-state index contributed by atoms with van der Waals surface area (Å²) in [6.07, 6.45) is 7.41. The van der Waals surface area contributed by atoms with E-state index in [0.29, 0.717) is 10.7 Å². The quantitative estimate of drug-likeness (QED) is 0.911. The number of nitrogens with one attached hydrogen (secondary N) is 1. The highest BCUT2D eigenvalue weighted by Crippen LogP contribution is 2.26. The van der Waals surface area contributed by atoms with Crippen LogP contribution in [0, 0.1) is 5.92 Å². The van der Waals surface area contributed by atoms with E-state index >= 15 is 0 Å². The van der Waals surface area contributed by atoms with Gasteiger partial charge in [-0.15, -0.1) is 0 Å². The van der Waals surface area contributed by atoms with Crippen molar-refractivity contribution in [2.45, 2.75) is 45.1 Å². The molecule has 1 aromatic rings. The summed E-state index contributed by atoms with van der Waals surface area (Å²) < 4.78 is 0. The zero-order chi connectivity index (χ0) is 13.0. The number of pyridine rings is 1. The number of hydrogen-bond acceptors (Lipinski definition) is 2. The van der Waals surface area contributed by atoms with Crippen LogP contribution in [-0.4, -0.2) is 16.9 Å². The van der Waals surface area contributed by atoms with Gasteiger partial charge in [-0.2, -0.15) is 0 Å². The summed E-state index contributed by atoms with van der Waals surface area (Å²) >= 11 is 5.86. The number of carbonyl (C=O) groups excluding carboxylic acids is 1. The molecule has 1 heterocycles. The Morgan fingerprint density at radius 3 is 3.11 bits per heavy atom. The van der Waals surface area contributed by atoms with Crippen LogP contribution in [0.15, 0.2) is 18.3 Å². The third-order valence-corrected chi connectivity index (χ3v) is 3.89. The molecule has 1 aliphatic rings. The molecule has 1 N–H and O–H groups in total. The van der Waals surface area contributed by atoms with Gasteiger partial charge in [-0.1, -0.05) is 37.8 Å². The Kier molecular flexibility index (Phi) is 4.59. The minimum Gasteiger partial charge on any atom is -0.348 e. The van der Waals surface area contributed by atoms with Crippen LogP contribution >= 0.6 is 11.6 Å². The molecular weight excluding hydrogens is 248 g/mol. The number of aromatic nitrogens is 1. The van der Waals surface area contributed by atoms with Crippen LogP contribution in [0.5, 0.6) is 0 Å². The van der Waals surface area contributed by atoms with Gasteiger partial charge in [0.15, 0.2) is 0 Å². The maximum atomic E-state index is 12.0. The normalized spacial score (nSPS) is 23.7. The Bertz CT molecular complexity index is 422. The molecule has 0 radical (unpaired) electrons. The molecular formula is C14H19ClN2O. The fraction of sp³-hybridized carbons (Fsp3) is 0.571. The Morgan fingerprint density at radius 1 is 1.56 bits per heavy atom. The van der Waals surface area contributed by atoms with Crippen molar-refractivity contribution in [2.75, 3.05) is 0 Å². The minimum atomic E-state index is -0.112. The average Bonchev–Trinajstić information content (AvgIpc) is 2.39. The van der Waals surface area contributed by atoms with E-state index in [0.717, 1.165) is 18.8 Å². The van der Waals surface area contributed by atoms with Crippen LogP contribution in [0.2, 0.25) is 5.02 Å². The molecule has 1 aliphatic carbocycles. The third-order valence-electron chi connectivity index (χ3n) is 3.65. The van der Waals surface area contributed by atoms with Gasteiger partial charge in [0.2, 0.25) is 0 Å². The smallest absolute Gasteiger partial charge is 0.270 e. The first-order valence-electron chi connectivity index (χ1n) is 6.61. The topological polar surface area (TPSA) is 42.0 Å². The summed E-state index contributed by atoms with van der Waals surface area (Å²) in [5.74, 6) is 0.635. The van der Waals surface area contributed by atoms with Crippen LogP contribution in [0.4, 0.5) is 0 Å². The highest BCUT2D eigenvalue weighted by atomic mass is 35.5. The van der Waals surface area contributed by atoms with E-state index in [1.165, 1.54) is 19.3 Å². The van der Waals surface area contributed by atoms with Crippen LogP contribution in [0.3, 0.4) is 0 Å². The Morgan fingerprint density at radius 2 is 2.39 bits per heavy atom. The van der Waals surface area contributed by atoms with Crippen molar-refractivity contribution < 1.29 is 4.79 Å². The Balaban J connectivity index is 1.95. The largest absolute Gasteiger partial charge is 0.348 e. The molecule has 1 fully saturated rings. The van der Waals surface area contributed by atoms with Crippen LogP contribution < -0.4 is 5.32 Å². The summed E-state index contributed by atoms with van der Waals surface area (Å²) in [5, 5.41) is 3.61. The van der Waals surface area contributed by atoms with Crippen LogP contribution in [-0.2, 0) is 0 Å². The molecule has 2 atom stereocenters. The SMILES string of the molecule is CCC1CCCC(NC(=O)c2cc(Cl)ccn2)C1. The molecule has 0 aromatic carbocycles. The van der Waals surface area contributed by atoms with E-state index in [9.17, 15) is 4.79 Å². The predicted octanol–water partition coefficient (Wildman–Crippen LogP) is 3.43. The van der Waals surface area contributed by atoms with E-state index in [2.05, 4.69) is 17.2 Å². The van der Waals surface area contributed by atoms with Crippen molar-refractivity contribution >= 4 is 17.5 Å². The molecule has 0 bridgehead atoms. The van der Waals surface area contributed by atoms with Gasteiger partial charge in [0.25, 0.3) is 5.91 Å². The molecule has 1 aromatic heterocycles. The average molecular weight is 267 g/mol. The van der Waals surface area contributed by atoms with E-state index in [4.69, 9.17) is 11.6 Å². The van der Waals surface area contributed by atoms with Gasteiger partial charge in [-0.3, -0.25) is 9.78 Å². The van der Waals surface area contributed by atoms with Gasteiger partial charge in [-0.25, -0.2) is 0 Å². The second-order valence-corrected chi connectivity index (χ2v) is 5.41. The lowest BCUT2D eigenvalue weighted by atomic mass is 9.84. The zero-order valence-corrected chi connectivity index (χ0v) is 11.4. The van der Waals surface area contributed by atoms with Crippen molar-refractivity contribution in [2.24, 2.45) is 5.92 Å². The summed E-state index contributed by atoms with van der Waals surface area (Å²) in [6.45, 7) is 2.22. The number of rotatable bonds is 3. The minimum absolute atomic E-state index is 0.112. The van der Waals surface area contributed by atoms with Crippen molar-refractivity contribution in [3.05, 3.63) is 29.0 Å². The Labute approximate surface area is 113 Å². The number of carbonyl (C=O) groups is 1. The lowest BCUT2D eigenvalue weighted by molar-refractivity contribution is 0.0914. The van der Waals surface area contributed by atoms with Gasteiger partial charge >= 0.3 is 0 Å². The maximum Gasteiger partial charge on any atom is 0.270 e. The summed E-state index contributed by atoms with van der Waals surface area (Å²) in [5.41, 5.74) is 0.404. The second-order valence-electron chi connectivity index (χ2n) is 4.97. The molecule has 3 nitrogen and oxygen atoms in total. The van der Waals surface area contributed by atoms with Crippen molar-refractivity contribution in [1.82, 2.24) is 10.3 Å². The number of hydrogen-bond donors (Lipinski definition) is 1. The fourth-order valence-corrected chi connectivity index (χ4v) is 2.74. The van der Waals surface area contributed by atoms with Gasteiger partial charge in [0, 0.05) is 17.3 Å². The molecule has 2 rings (SSSR count). The van der Waals surface area contributed by atoms with Gasteiger partial charge in [0.05, 0.1) is 0 Å². The molecule has 0 aliphatic heterocycles. The summed E-state index contributed by atoms with van der Waals surface area (Å²) in [6, 6.07) is 3.57. The van der Waals surface area contributed by atoms with Crippen molar-refractivity contribution in [1.29, 1.82) is 0 Å². The molecule has 1 amide bonds. The first-order valence-corrected chi connectivity index (χ1v) is 6.99. The number of amides is 1. The first kappa shape index (κ1) is 13.3. The molecule has 2 unspecified atom stereocenters. The molecule has 0 saturated heterocycles. The zero-order valence-electron chi connectivity index (χ0n) is 10.7. The standard InChI is InChI=1S/C14H19ClN2O/c1-2-10-4-3-5-12(8-10)17-14(18)13-9-11(15)6-7-16-13/h6-7,9-10,12H,2-5,8H2,1H3,(H,17,18). The molecule has 0 spiro atoms. The lowest BCUT2D eigenvalue weighted by Gasteiger charge is -2.28. The molecule has 4 heteroatoms. The molecule has 98 valence electrons. The number of nitrogens with zero attached hydrogens (tertiary/aromatic N) is 1. The van der Waals surface area contributed by atoms with Crippen molar-refractivity contribution in [3.63, 3.8) is 0 Å². The third kappa shape index (κ3) is 3.45. The molecule has 18 heavy (non-hydrogen) atoms. The highest BCUT2D eigenvalue weighted by Gasteiger charge is 2.22. The lowest BCUT2D eigenvalue weighted by Crippen LogP contribution is -2.38. The van der Waals surface area contributed by atoms with E-state index in [1.807, 2.05) is 0 Å². The number of halogens is 1. The summed E-state index contributed by atoms with van der Waals surface area (Å²) in [7, 11) is 0. The van der Waals surface area contributed by atoms with Crippen molar-refractivity contribution in [3.8, 4) is 0 Å². The second kappa shape index (κ2) is 6.19.